The molecule has 7 heteroatoms. The summed E-state index contributed by atoms with van der Waals surface area (Å²) in [6.07, 6.45) is 1.42. The number of carbonyl (C=O) groups is 2. The molecule has 0 bridgehead atoms. The maximum Gasteiger partial charge on any atom is 0.253 e. The van der Waals surface area contributed by atoms with E-state index in [0.717, 1.165) is 5.56 Å². The molecule has 34 heavy (non-hydrogen) atoms. The first kappa shape index (κ1) is 23.6. The molecule has 176 valence electrons. The fraction of sp³-hybridized carbons (Fsp3) is 0.259. The van der Waals surface area contributed by atoms with Gasteiger partial charge in [0.05, 0.1) is 7.11 Å². The van der Waals surface area contributed by atoms with Crippen molar-refractivity contribution in [2.24, 2.45) is 0 Å². The predicted molar refractivity (Wildman–Crippen MR) is 132 cm³/mol. The Balaban J connectivity index is 1.33. The van der Waals surface area contributed by atoms with Gasteiger partial charge >= 0.3 is 0 Å². The first-order chi connectivity index (χ1) is 16.5. The van der Waals surface area contributed by atoms with Gasteiger partial charge in [-0.15, -0.1) is 0 Å². The first-order valence-corrected chi connectivity index (χ1v) is 11.6. The van der Waals surface area contributed by atoms with Crippen molar-refractivity contribution in [1.82, 2.24) is 10.2 Å². The highest BCUT2D eigenvalue weighted by atomic mass is 35.5. The highest BCUT2D eigenvalue weighted by molar-refractivity contribution is 6.30. The molecular formula is C27H27ClN2O4. The van der Waals surface area contributed by atoms with Crippen molar-refractivity contribution in [1.29, 1.82) is 0 Å². The smallest absolute Gasteiger partial charge is 0.253 e. The van der Waals surface area contributed by atoms with Gasteiger partial charge in [0, 0.05) is 35.3 Å². The number of carbonyl (C=O) groups excluding carboxylic acids is 2. The van der Waals surface area contributed by atoms with Crippen LogP contribution in [0.1, 0.15) is 39.1 Å². The van der Waals surface area contributed by atoms with E-state index in [4.69, 9.17) is 21.1 Å². The topological polar surface area (TPSA) is 67.9 Å². The van der Waals surface area contributed by atoms with Crippen LogP contribution in [0.2, 0.25) is 5.02 Å². The molecule has 0 unspecified atom stereocenters. The van der Waals surface area contributed by atoms with Crippen molar-refractivity contribution < 1.29 is 19.1 Å². The molecule has 4 rings (SSSR count). The number of nitrogens with zero attached hydrogens (tertiary/aromatic N) is 1. The highest BCUT2D eigenvalue weighted by Gasteiger charge is 2.25. The third-order valence-corrected chi connectivity index (χ3v) is 6.12. The van der Waals surface area contributed by atoms with Crippen LogP contribution in [0.25, 0.3) is 0 Å². The second kappa shape index (κ2) is 11.1. The number of nitrogens with one attached hydrogen (secondary N) is 1. The van der Waals surface area contributed by atoms with Crippen LogP contribution in [-0.4, -0.2) is 43.0 Å². The van der Waals surface area contributed by atoms with Crippen LogP contribution in [0.3, 0.4) is 0 Å². The molecular weight excluding hydrogens is 452 g/mol. The van der Waals surface area contributed by atoms with Gasteiger partial charge < -0.3 is 19.7 Å². The molecule has 0 radical (unpaired) electrons. The Bertz CT molecular complexity index is 1130. The summed E-state index contributed by atoms with van der Waals surface area (Å²) in [5, 5.41) is 3.74. The predicted octanol–water partition coefficient (Wildman–Crippen LogP) is 4.96. The van der Waals surface area contributed by atoms with Gasteiger partial charge in [0.25, 0.3) is 11.8 Å². The zero-order chi connectivity index (χ0) is 23.9. The molecule has 0 spiro atoms. The van der Waals surface area contributed by atoms with E-state index in [0.29, 0.717) is 60.2 Å². The minimum absolute atomic E-state index is 0.0509. The molecule has 1 aliphatic heterocycles. The number of hydrogen-bond donors (Lipinski definition) is 1. The highest BCUT2D eigenvalue weighted by Crippen LogP contribution is 2.30. The Kier molecular flexibility index (Phi) is 7.70. The van der Waals surface area contributed by atoms with Crippen molar-refractivity contribution in [3.63, 3.8) is 0 Å². The molecule has 0 saturated carbocycles. The molecule has 2 amide bonds. The number of halogens is 1. The van der Waals surface area contributed by atoms with Crippen molar-refractivity contribution in [3.8, 4) is 11.5 Å². The third kappa shape index (κ3) is 5.88. The lowest BCUT2D eigenvalue weighted by Gasteiger charge is -2.32. The van der Waals surface area contributed by atoms with Crippen LogP contribution < -0.4 is 14.8 Å². The average molecular weight is 479 g/mol. The van der Waals surface area contributed by atoms with Gasteiger partial charge in [-0.05, 0) is 60.9 Å². The standard InChI is InChI=1S/C27H27ClN2O4/c1-33-25-17-21(9-12-24(25)34-18-19-7-10-22(28)11-8-19)27(32)30-15-13-23(14-16-30)29-26(31)20-5-3-2-4-6-20/h2-12,17,23H,13-16,18H2,1H3,(H,29,31). The number of amides is 2. The number of methoxy groups -OCH3 is 1. The van der Waals surface area contributed by atoms with Crippen LogP contribution >= 0.6 is 11.6 Å². The largest absolute Gasteiger partial charge is 0.493 e. The molecule has 0 atom stereocenters. The number of ether oxygens (including phenoxy) is 2. The van der Waals surface area contributed by atoms with Crippen molar-refractivity contribution >= 4 is 23.4 Å². The third-order valence-electron chi connectivity index (χ3n) is 5.87. The lowest BCUT2D eigenvalue weighted by molar-refractivity contribution is 0.0697. The van der Waals surface area contributed by atoms with Crippen molar-refractivity contribution in [2.45, 2.75) is 25.5 Å². The molecule has 0 aromatic heterocycles. The molecule has 6 nitrogen and oxygen atoms in total. The number of piperidine rings is 1. The van der Waals surface area contributed by atoms with Gasteiger partial charge in [0.15, 0.2) is 11.5 Å². The monoisotopic (exact) mass is 478 g/mol. The van der Waals surface area contributed by atoms with Crippen LogP contribution in [0.4, 0.5) is 0 Å². The average Bonchev–Trinajstić information content (AvgIpc) is 2.89. The maximum atomic E-state index is 13.1. The number of benzene rings is 3. The van der Waals surface area contributed by atoms with E-state index in [1.54, 1.807) is 37.4 Å². The first-order valence-electron chi connectivity index (χ1n) is 11.2. The lowest BCUT2D eigenvalue weighted by atomic mass is 10.0. The van der Waals surface area contributed by atoms with Gasteiger partial charge in [-0.2, -0.15) is 0 Å². The maximum absolute atomic E-state index is 13.1. The summed E-state index contributed by atoms with van der Waals surface area (Å²) >= 11 is 5.93. The SMILES string of the molecule is COc1cc(C(=O)N2CCC(NC(=O)c3ccccc3)CC2)ccc1OCc1ccc(Cl)cc1. The Morgan fingerprint density at radius 3 is 2.32 bits per heavy atom. The van der Waals surface area contributed by atoms with Crippen molar-refractivity contribution in [2.75, 3.05) is 20.2 Å². The van der Waals surface area contributed by atoms with Gasteiger partial charge in [0.1, 0.15) is 6.61 Å². The van der Waals surface area contributed by atoms with E-state index in [-0.39, 0.29) is 17.9 Å². The molecule has 1 heterocycles. The normalized spacial score (nSPS) is 13.9. The Hall–Kier alpha value is -3.51. The summed E-state index contributed by atoms with van der Waals surface area (Å²) < 4.78 is 11.4. The molecule has 1 N–H and O–H groups in total. The minimum Gasteiger partial charge on any atom is -0.493 e. The lowest BCUT2D eigenvalue weighted by Crippen LogP contribution is -2.46. The van der Waals surface area contributed by atoms with Gasteiger partial charge in [-0.25, -0.2) is 0 Å². The number of rotatable bonds is 7. The molecule has 1 saturated heterocycles. The quantitative estimate of drug-likeness (QED) is 0.521. The van der Waals surface area contributed by atoms with Crippen LogP contribution in [0, 0.1) is 0 Å². The molecule has 3 aromatic rings. The second-order valence-electron chi connectivity index (χ2n) is 8.19. The van der Waals surface area contributed by atoms with Crippen LogP contribution in [0.15, 0.2) is 72.8 Å². The number of hydrogen-bond acceptors (Lipinski definition) is 4. The Labute approximate surface area is 204 Å². The minimum atomic E-state index is -0.0794. The molecule has 0 aliphatic carbocycles. The summed E-state index contributed by atoms with van der Waals surface area (Å²) in [6.45, 7) is 1.52. The summed E-state index contributed by atoms with van der Waals surface area (Å²) in [4.78, 5) is 27.3. The van der Waals surface area contributed by atoms with E-state index in [1.807, 2.05) is 47.4 Å². The van der Waals surface area contributed by atoms with Crippen LogP contribution in [-0.2, 0) is 6.61 Å². The van der Waals surface area contributed by atoms with E-state index in [9.17, 15) is 9.59 Å². The summed E-state index contributed by atoms with van der Waals surface area (Å²) in [7, 11) is 1.56. The molecule has 1 aliphatic rings. The fourth-order valence-electron chi connectivity index (χ4n) is 3.93. The van der Waals surface area contributed by atoms with Crippen LogP contribution in [0.5, 0.6) is 11.5 Å². The second-order valence-corrected chi connectivity index (χ2v) is 8.62. The molecule has 3 aromatic carbocycles. The zero-order valence-electron chi connectivity index (χ0n) is 19.0. The number of likely N-dealkylation sites (tertiary alicyclic amines) is 1. The van der Waals surface area contributed by atoms with E-state index in [2.05, 4.69) is 5.32 Å². The summed E-state index contributed by atoms with van der Waals surface area (Å²) in [5.74, 6) is 0.931. The summed E-state index contributed by atoms with van der Waals surface area (Å²) in [5.41, 5.74) is 2.17. The van der Waals surface area contributed by atoms with E-state index < -0.39 is 0 Å². The summed E-state index contributed by atoms with van der Waals surface area (Å²) in [6, 6.07) is 21.9. The van der Waals surface area contributed by atoms with E-state index >= 15 is 0 Å². The fourth-order valence-corrected chi connectivity index (χ4v) is 4.06. The zero-order valence-corrected chi connectivity index (χ0v) is 19.8. The van der Waals surface area contributed by atoms with Gasteiger partial charge in [0.2, 0.25) is 0 Å². The van der Waals surface area contributed by atoms with Crippen molar-refractivity contribution in [3.05, 3.63) is 94.5 Å². The Morgan fingerprint density at radius 1 is 0.941 bits per heavy atom. The van der Waals surface area contributed by atoms with Gasteiger partial charge in [-0.3, -0.25) is 9.59 Å². The molecule has 1 fully saturated rings. The Morgan fingerprint density at radius 2 is 1.65 bits per heavy atom. The van der Waals surface area contributed by atoms with E-state index in [1.165, 1.54) is 0 Å². The van der Waals surface area contributed by atoms with Gasteiger partial charge in [-0.1, -0.05) is 41.9 Å².